The van der Waals surface area contributed by atoms with Crippen LogP contribution in [0, 0.1) is 13.8 Å². The molecule has 1 heterocycles. The molecule has 1 N–H and O–H groups in total. The number of benzene rings is 3. The lowest BCUT2D eigenvalue weighted by molar-refractivity contribution is 0.0601. The van der Waals surface area contributed by atoms with Crippen LogP contribution >= 0.6 is 0 Å². The van der Waals surface area contributed by atoms with Crippen LogP contribution in [0.4, 0.5) is 0 Å². The van der Waals surface area contributed by atoms with E-state index < -0.39 is 0 Å². The Balaban J connectivity index is 1.81. The topological polar surface area (TPSA) is 55.0 Å². The highest BCUT2D eigenvalue weighted by atomic mass is 16.5. The number of methoxy groups -OCH3 is 1. The summed E-state index contributed by atoms with van der Waals surface area (Å²) < 4.78 is 4.78. The van der Waals surface area contributed by atoms with Crippen molar-refractivity contribution in [1.82, 2.24) is 9.97 Å². The number of ether oxygens (including phenoxy) is 1. The minimum Gasteiger partial charge on any atom is -0.465 e. The number of carbonyl (C=O) groups excluding carboxylic acids is 1. The number of nitrogens with one attached hydrogen (secondary N) is 1. The number of aromatic nitrogens is 2. The summed E-state index contributed by atoms with van der Waals surface area (Å²) in [7, 11) is 1.38. The predicted octanol–water partition coefficient (Wildman–Crippen LogP) is 5.81. The number of esters is 1. The molecule has 0 saturated carbocycles. The van der Waals surface area contributed by atoms with Gasteiger partial charge < -0.3 is 9.72 Å². The zero-order valence-electron chi connectivity index (χ0n) is 16.7. The van der Waals surface area contributed by atoms with E-state index in [2.05, 4.69) is 67.4 Å². The molecule has 0 aliphatic rings. The molecule has 0 bridgehead atoms. The van der Waals surface area contributed by atoms with Crippen molar-refractivity contribution in [2.75, 3.05) is 7.11 Å². The lowest BCUT2D eigenvalue weighted by Crippen LogP contribution is -2.00. The van der Waals surface area contributed by atoms with Crippen LogP contribution in [0.25, 0.3) is 33.9 Å². The van der Waals surface area contributed by atoms with Crippen LogP contribution in [0.5, 0.6) is 0 Å². The second-order valence-electron chi connectivity index (χ2n) is 7.11. The van der Waals surface area contributed by atoms with Gasteiger partial charge in [-0.05, 0) is 26.0 Å². The molecule has 1 aromatic heterocycles. The van der Waals surface area contributed by atoms with Crippen molar-refractivity contribution in [2.45, 2.75) is 13.8 Å². The van der Waals surface area contributed by atoms with Crippen LogP contribution in [-0.2, 0) is 4.74 Å². The minimum absolute atomic E-state index is 0.350. The summed E-state index contributed by atoms with van der Waals surface area (Å²) in [5.74, 6) is 0.407. The van der Waals surface area contributed by atoms with E-state index in [1.807, 2.05) is 12.1 Å². The van der Waals surface area contributed by atoms with Gasteiger partial charge in [0.25, 0.3) is 0 Å². The van der Waals surface area contributed by atoms with Crippen molar-refractivity contribution in [1.29, 1.82) is 0 Å². The number of hydrogen-bond donors (Lipinski definition) is 1. The van der Waals surface area contributed by atoms with Crippen molar-refractivity contribution in [3.8, 4) is 33.9 Å². The molecular formula is C25H22N2O2. The fraction of sp³-hybridized carbons (Fsp3) is 0.120. The van der Waals surface area contributed by atoms with Gasteiger partial charge in [0, 0.05) is 16.7 Å². The molecule has 0 aliphatic heterocycles. The molecule has 4 nitrogen and oxygen atoms in total. The molecule has 0 amide bonds. The molecule has 0 atom stereocenters. The summed E-state index contributed by atoms with van der Waals surface area (Å²) >= 11 is 0. The van der Waals surface area contributed by atoms with Crippen LogP contribution < -0.4 is 0 Å². The zero-order chi connectivity index (χ0) is 20.4. The standard InChI is InChI=1S/C25H22N2O2/c1-16-4-8-18(9-5-16)22-23(19-10-6-17(2)7-11-19)27-24(26-22)20-12-14-21(15-13-20)25(28)29-3/h4-15H,1-3H3,(H,26,27). The molecule has 4 aromatic rings. The molecule has 29 heavy (non-hydrogen) atoms. The Morgan fingerprint density at radius 3 is 1.83 bits per heavy atom. The van der Waals surface area contributed by atoms with E-state index >= 15 is 0 Å². The first-order valence-electron chi connectivity index (χ1n) is 9.48. The third-order valence-corrected chi connectivity index (χ3v) is 4.95. The van der Waals surface area contributed by atoms with Gasteiger partial charge >= 0.3 is 5.97 Å². The summed E-state index contributed by atoms with van der Waals surface area (Å²) in [6.07, 6.45) is 0. The molecular weight excluding hydrogens is 360 g/mol. The Kier molecular flexibility index (Phi) is 5.00. The fourth-order valence-electron chi connectivity index (χ4n) is 3.24. The number of imidazole rings is 1. The van der Waals surface area contributed by atoms with E-state index in [1.54, 1.807) is 12.1 Å². The van der Waals surface area contributed by atoms with E-state index in [4.69, 9.17) is 9.72 Å². The third kappa shape index (κ3) is 3.83. The van der Waals surface area contributed by atoms with Crippen LogP contribution in [0.3, 0.4) is 0 Å². The highest BCUT2D eigenvalue weighted by molar-refractivity contribution is 5.90. The molecule has 0 radical (unpaired) electrons. The average molecular weight is 382 g/mol. The smallest absolute Gasteiger partial charge is 0.337 e. The van der Waals surface area contributed by atoms with Crippen molar-refractivity contribution in [3.05, 3.63) is 89.5 Å². The van der Waals surface area contributed by atoms with Crippen molar-refractivity contribution < 1.29 is 9.53 Å². The SMILES string of the molecule is COC(=O)c1ccc(-c2nc(-c3ccc(C)cc3)c(-c3ccc(C)cc3)[nH]2)cc1. The Morgan fingerprint density at radius 2 is 1.28 bits per heavy atom. The highest BCUT2D eigenvalue weighted by Crippen LogP contribution is 2.33. The maximum absolute atomic E-state index is 11.7. The normalized spacial score (nSPS) is 10.7. The maximum atomic E-state index is 11.7. The number of aryl methyl sites for hydroxylation is 2. The van der Waals surface area contributed by atoms with Gasteiger partial charge in [-0.1, -0.05) is 71.8 Å². The molecule has 4 heteroatoms. The zero-order valence-corrected chi connectivity index (χ0v) is 16.7. The van der Waals surface area contributed by atoms with Gasteiger partial charge in [0.1, 0.15) is 5.82 Å². The summed E-state index contributed by atoms with van der Waals surface area (Å²) in [5.41, 5.74) is 7.85. The van der Waals surface area contributed by atoms with Gasteiger partial charge in [0.2, 0.25) is 0 Å². The van der Waals surface area contributed by atoms with Crippen molar-refractivity contribution in [3.63, 3.8) is 0 Å². The molecule has 0 saturated heterocycles. The molecule has 0 fully saturated rings. The van der Waals surface area contributed by atoms with E-state index in [-0.39, 0.29) is 5.97 Å². The number of H-pyrrole nitrogens is 1. The predicted molar refractivity (Wildman–Crippen MR) is 116 cm³/mol. The van der Waals surface area contributed by atoms with Gasteiger partial charge in [0.05, 0.1) is 24.1 Å². The minimum atomic E-state index is -0.350. The molecule has 0 spiro atoms. The molecule has 3 aromatic carbocycles. The Hall–Kier alpha value is -3.66. The number of carbonyl (C=O) groups is 1. The molecule has 144 valence electrons. The summed E-state index contributed by atoms with van der Waals surface area (Å²) in [5, 5.41) is 0. The van der Waals surface area contributed by atoms with Crippen LogP contribution in [-0.4, -0.2) is 23.0 Å². The molecule has 0 unspecified atom stereocenters. The fourth-order valence-corrected chi connectivity index (χ4v) is 3.24. The van der Waals surface area contributed by atoms with Gasteiger partial charge in [-0.15, -0.1) is 0 Å². The Bertz CT molecular complexity index is 1080. The van der Waals surface area contributed by atoms with E-state index in [0.29, 0.717) is 5.56 Å². The quantitative estimate of drug-likeness (QED) is 0.453. The Labute approximate surface area is 170 Å². The lowest BCUT2D eigenvalue weighted by Gasteiger charge is -2.04. The Morgan fingerprint density at radius 1 is 0.759 bits per heavy atom. The van der Waals surface area contributed by atoms with Crippen molar-refractivity contribution in [2.24, 2.45) is 0 Å². The van der Waals surface area contributed by atoms with E-state index in [0.717, 1.165) is 33.9 Å². The first-order valence-corrected chi connectivity index (χ1v) is 9.48. The van der Waals surface area contributed by atoms with E-state index in [9.17, 15) is 4.79 Å². The molecule has 4 rings (SSSR count). The van der Waals surface area contributed by atoms with Gasteiger partial charge in [-0.3, -0.25) is 0 Å². The summed E-state index contributed by atoms with van der Waals surface area (Å²) in [4.78, 5) is 20.1. The van der Waals surface area contributed by atoms with E-state index in [1.165, 1.54) is 18.2 Å². The second-order valence-corrected chi connectivity index (χ2v) is 7.11. The second kappa shape index (κ2) is 7.76. The third-order valence-electron chi connectivity index (χ3n) is 4.95. The summed E-state index contributed by atoms with van der Waals surface area (Å²) in [6.45, 7) is 4.15. The van der Waals surface area contributed by atoms with Crippen molar-refractivity contribution >= 4 is 5.97 Å². The number of nitrogens with zero attached hydrogens (tertiary/aromatic N) is 1. The number of aromatic amines is 1. The first kappa shape index (κ1) is 18.7. The summed E-state index contributed by atoms with van der Waals surface area (Å²) in [6, 6.07) is 24.0. The van der Waals surface area contributed by atoms with Crippen LogP contribution in [0.2, 0.25) is 0 Å². The lowest BCUT2D eigenvalue weighted by atomic mass is 10.0. The van der Waals surface area contributed by atoms with Gasteiger partial charge in [0.15, 0.2) is 0 Å². The first-order chi connectivity index (χ1) is 14.0. The van der Waals surface area contributed by atoms with Gasteiger partial charge in [-0.2, -0.15) is 0 Å². The largest absolute Gasteiger partial charge is 0.465 e. The molecule has 0 aliphatic carbocycles. The number of rotatable bonds is 4. The highest BCUT2D eigenvalue weighted by Gasteiger charge is 2.16. The van der Waals surface area contributed by atoms with Crippen LogP contribution in [0.15, 0.2) is 72.8 Å². The monoisotopic (exact) mass is 382 g/mol. The number of hydrogen-bond acceptors (Lipinski definition) is 3. The average Bonchev–Trinajstić information content (AvgIpc) is 3.20. The van der Waals surface area contributed by atoms with Gasteiger partial charge in [-0.25, -0.2) is 9.78 Å². The maximum Gasteiger partial charge on any atom is 0.337 e. The van der Waals surface area contributed by atoms with Crippen LogP contribution in [0.1, 0.15) is 21.5 Å².